The molecule has 0 atom stereocenters. The number of carbonyl (C=O) groups excluding carboxylic acids is 1. The van der Waals surface area contributed by atoms with Gasteiger partial charge in [0.2, 0.25) is 11.8 Å². The minimum absolute atomic E-state index is 0.0606. The first-order valence-corrected chi connectivity index (χ1v) is 10.5. The van der Waals surface area contributed by atoms with Gasteiger partial charge in [-0.3, -0.25) is 9.59 Å². The van der Waals surface area contributed by atoms with Gasteiger partial charge in [-0.2, -0.15) is 4.98 Å². The standard InChI is InChI=1S/C24H23F2N5O3/c1-34-21-9-12-29-24(30-21)28-11-5-3-2-4-10-27-22(32)20-14-19(26)16-31(23(20)33)15-17-7-6-8-18(25)13-17/h6-9,12-14,16H,4-5,10-11,15H2,1H3,(H,27,32)(H,28,29,30). The summed E-state index contributed by atoms with van der Waals surface area (Å²) in [5.74, 6) is 4.85. The largest absolute Gasteiger partial charge is 0.481 e. The van der Waals surface area contributed by atoms with E-state index in [1.54, 1.807) is 18.3 Å². The molecular formula is C24H23F2N5O3. The van der Waals surface area contributed by atoms with Gasteiger partial charge < -0.3 is 19.9 Å². The van der Waals surface area contributed by atoms with Gasteiger partial charge in [0.05, 0.1) is 13.7 Å². The highest BCUT2D eigenvalue weighted by Gasteiger charge is 2.14. The van der Waals surface area contributed by atoms with Crippen LogP contribution >= 0.6 is 0 Å². The van der Waals surface area contributed by atoms with E-state index in [1.165, 1.54) is 25.3 Å². The Morgan fingerprint density at radius 2 is 1.91 bits per heavy atom. The van der Waals surface area contributed by atoms with Gasteiger partial charge in [-0.1, -0.05) is 12.1 Å². The second-order valence-electron chi connectivity index (χ2n) is 7.09. The number of ether oxygens (including phenoxy) is 1. The number of nitrogens with zero attached hydrogens (tertiary/aromatic N) is 3. The van der Waals surface area contributed by atoms with Crippen molar-refractivity contribution in [1.82, 2.24) is 19.9 Å². The minimum atomic E-state index is -0.742. The first-order chi connectivity index (χ1) is 16.5. The van der Waals surface area contributed by atoms with Gasteiger partial charge in [0, 0.05) is 44.4 Å². The molecule has 0 unspecified atom stereocenters. The molecule has 0 aliphatic heterocycles. The fraction of sp³-hybridized carbons (Fsp3) is 0.250. The van der Waals surface area contributed by atoms with Crippen molar-refractivity contribution in [3.8, 4) is 17.7 Å². The number of rotatable bonds is 9. The van der Waals surface area contributed by atoms with Crippen LogP contribution in [0, 0.1) is 23.5 Å². The third-order valence-corrected chi connectivity index (χ3v) is 4.57. The smallest absolute Gasteiger partial charge is 0.263 e. The number of carbonyl (C=O) groups is 1. The number of hydrogen-bond acceptors (Lipinski definition) is 6. The van der Waals surface area contributed by atoms with E-state index in [0.29, 0.717) is 36.8 Å². The minimum Gasteiger partial charge on any atom is -0.481 e. The molecule has 0 fully saturated rings. The molecule has 3 aromatic rings. The van der Waals surface area contributed by atoms with Gasteiger partial charge in [0.1, 0.15) is 17.2 Å². The number of anilines is 1. The Hall–Kier alpha value is -4.26. The zero-order chi connectivity index (χ0) is 24.3. The summed E-state index contributed by atoms with van der Waals surface area (Å²) in [6.07, 6.45) is 3.45. The lowest BCUT2D eigenvalue weighted by Gasteiger charge is -2.09. The van der Waals surface area contributed by atoms with Crippen molar-refractivity contribution in [2.24, 2.45) is 0 Å². The summed E-state index contributed by atoms with van der Waals surface area (Å²) < 4.78 is 33.5. The average molecular weight is 467 g/mol. The molecule has 8 nitrogen and oxygen atoms in total. The number of benzene rings is 1. The van der Waals surface area contributed by atoms with Crippen LogP contribution in [0.25, 0.3) is 0 Å². The van der Waals surface area contributed by atoms with Crippen LogP contribution in [0.4, 0.5) is 14.7 Å². The molecule has 0 saturated heterocycles. The summed E-state index contributed by atoms with van der Waals surface area (Å²) in [4.78, 5) is 33.2. The van der Waals surface area contributed by atoms with E-state index < -0.39 is 23.1 Å². The summed E-state index contributed by atoms with van der Waals surface area (Å²) in [6.45, 7) is 0.660. The Balaban J connectivity index is 1.48. The molecule has 3 rings (SSSR count). The van der Waals surface area contributed by atoms with Crippen LogP contribution in [-0.4, -0.2) is 40.6 Å². The number of halogens is 2. The summed E-state index contributed by atoms with van der Waals surface area (Å²) in [5.41, 5.74) is -0.520. The zero-order valence-electron chi connectivity index (χ0n) is 18.5. The van der Waals surface area contributed by atoms with Crippen LogP contribution in [0.1, 0.15) is 28.8 Å². The summed E-state index contributed by atoms with van der Waals surface area (Å²) in [6, 6.07) is 8.14. The van der Waals surface area contributed by atoms with Crippen molar-refractivity contribution >= 4 is 11.9 Å². The van der Waals surface area contributed by atoms with Gasteiger partial charge in [0.15, 0.2) is 0 Å². The Morgan fingerprint density at radius 1 is 1.12 bits per heavy atom. The quantitative estimate of drug-likeness (QED) is 0.371. The second kappa shape index (κ2) is 12.1. The fourth-order valence-electron chi connectivity index (χ4n) is 3.00. The van der Waals surface area contributed by atoms with Crippen molar-refractivity contribution in [2.75, 3.05) is 25.5 Å². The first kappa shape index (κ1) is 24.4. The van der Waals surface area contributed by atoms with Crippen LogP contribution in [0.15, 0.2) is 53.6 Å². The molecule has 34 heavy (non-hydrogen) atoms. The number of aromatic nitrogens is 3. The Bertz CT molecular complexity index is 1270. The van der Waals surface area contributed by atoms with Gasteiger partial charge >= 0.3 is 0 Å². The zero-order valence-corrected chi connectivity index (χ0v) is 18.5. The monoisotopic (exact) mass is 467 g/mol. The number of methoxy groups -OCH3 is 1. The van der Waals surface area contributed by atoms with Gasteiger partial charge in [-0.25, -0.2) is 13.8 Å². The third kappa shape index (κ3) is 7.13. The van der Waals surface area contributed by atoms with Crippen LogP contribution in [0.5, 0.6) is 5.88 Å². The van der Waals surface area contributed by atoms with E-state index in [9.17, 15) is 18.4 Å². The predicted molar refractivity (Wildman–Crippen MR) is 123 cm³/mol. The summed E-state index contributed by atoms with van der Waals surface area (Å²) in [5, 5.41) is 5.58. The van der Waals surface area contributed by atoms with Gasteiger partial charge in [-0.05, 0) is 23.8 Å². The second-order valence-corrected chi connectivity index (χ2v) is 7.09. The van der Waals surface area contributed by atoms with Gasteiger partial charge in [0.25, 0.3) is 11.5 Å². The maximum absolute atomic E-state index is 14.0. The molecule has 2 aromatic heterocycles. The molecule has 0 saturated carbocycles. The highest BCUT2D eigenvalue weighted by atomic mass is 19.1. The normalized spacial score (nSPS) is 10.2. The summed E-state index contributed by atoms with van der Waals surface area (Å²) >= 11 is 0. The lowest BCUT2D eigenvalue weighted by atomic mass is 10.2. The number of nitrogens with one attached hydrogen (secondary N) is 2. The molecule has 0 aliphatic rings. The molecule has 2 N–H and O–H groups in total. The molecular weight excluding hydrogens is 444 g/mol. The first-order valence-electron chi connectivity index (χ1n) is 10.5. The molecule has 10 heteroatoms. The van der Waals surface area contributed by atoms with Crippen molar-refractivity contribution in [3.63, 3.8) is 0 Å². The molecule has 0 radical (unpaired) electrons. The van der Waals surface area contributed by atoms with E-state index in [-0.39, 0.29) is 18.7 Å². The maximum Gasteiger partial charge on any atom is 0.263 e. The molecule has 2 heterocycles. The molecule has 0 spiro atoms. The molecule has 176 valence electrons. The van der Waals surface area contributed by atoms with Crippen LogP contribution < -0.4 is 20.9 Å². The number of pyridine rings is 1. The third-order valence-electron chi connectivity index (χ3n) is 4.57. The van der Waals surface area contributed by atoms with Crippen LogP contribution in [-0.2, 0) is 6.54 Å². The SMILES string of the molecule is COc1ccnc(NCCC#CCCNC(=O)c2cc(F)cn(Cc3cccc(F)c3)c2=O)n1. The van der Waals surface area contributed by atoms with E-state index in [1.807, 2.05) is 0 Å². The van der Waals surface area contributed by atoms with Crippen molar-refractivity contribution in [2.45, 2.75) is 19.4 Å². The number of hydrogen-bond donors (Lipinski definition) is 2. The average Bonchev–Trinajstić information content (AvgIpc) is 2.83. The Labute approximate surface area is 195 Å². The van der Waals surface area contributed by atoms with E-state index in [4.69, 9.17) is 4.74 Å². The molecule has 0 aliphatic carbocycles. The lowest BCUT2D eigenvalue weighted by molar-refractivity contribution is 0.0952. The van der Waals surface area contributed by atoms with E-state index in [2.05, 4.69) is 32.4 Å². The Morgan fingerprint density at radius 3 is 2.68 bits per heavy atom. The van der Waals surface area contributed by atoms with Gasteiger partial charge in [-0.15, -0.1) is 11.8 Å². The lowest BCUT2D eigenvalue weighted by Crippen LogP contribution is -2.34. The number of amides is 1. The van der Waals surface area contributed by atoms with Crippen molar-refractivity contribution in [3.05, 3.63) is 81.9 Å². The van der Waals surface area contributed by atoms with Crippen molar-refractivity contribution < 1.29 is 18.3 Å². The molecule has 0 bridgehead atoms. The van der Waals surface area contributed by atoms with E-state index in [0.717, 1.165) is 16.8 Å². The predicted octanol–water partition coefficient (Wildman–Crippen LogP) is 2.60. The van der Waals surface area contributed by atoms with Crippen LogP contribution in [0.2, 0.25) is 0 Å². The van der Waals surface area contributed by atoms with E-state index >= 15 is 0 Å². The maximum atomic E-state index is 14.0. The molecule has 1 aromatic carbocycles. The molecule has 1 amide bonds. The van der Waals surface area contributed by atoms with Crippen LogP contribution in [0.3, 0.4) is 0 Å². The summed E-state index contributed by atoms with van der Waals surface area (Å²) in [7, 11) is 1.52. The Kier molecular flexibility index (Phi) is 8.68. The highest BCUT2D eigenvalue weighted by Crippen LogP contribution is 2.08. The topological polar surface area (TPSA) is 98.1 Å². The fourth-order valence-corrected chi connectivity index (χ4v) is 3.00. The van der Waals surface area contributed by atoms with Crippen molar-refractivity contribution in [1.29, 1.82) is 0 Å². The highest BCUT2D eigenvalue weighted by molar-refractivity contribution is 5.93.